The van der Waals surface area contributed by atoms with E-state index in [9.17, 15) is 4.79 Å². The summed E-state index contributed by atoms with van der Waals surface area (Å²) in [4.78, 5) is 17.7. The van der Waals surface area contributed by atoms with Crippen LogP contribution in [-0.2, 0) is 11.2 Å². The van der Waals surface area contributed by atoms with E-state index in [2.05, 4.69) is 35.3 Å². The normalized spacial score (nSPS) is 18.7. The van der Waals surface area contributed by atoms with Crippen LogP contribution in [0.5, 0.6) is 5.75 Å². The van der Waals surface area contributed by atoms with Crippen molar-refractivity contribution in [2.24, 2.45) is 0 Å². The number of nitrogens with zero attached hydrogens (tertiary/aromatic N) is 3. The van der Waals surface area contributed by atoms with Gasteiger partial charge in [0.05, 0.1) is 31.4 Å². The highest BCUT2D eigenvalue weighted by Crippen LogP contribution is 2.34. The fourth-order valence-electron chi connectivity index (χ4n) is 4.66. The number of likely N-dealkylation sites (tertiary alicyclic amines) is 1. The maximum Gasteiger partial charge on any atom is 0.326 e. The summed E-state index contributed by atoms with van der Waals surface area (Å²) >= 11 is 0. The molecule has 2 aromatic rings. The van der Waals surface area contributed by atoms with Gasteiger partial charge in [-0.15, -0.1) is 0 Å². The lowest BCUT2D eigenvalue weighted by molar-refractivity contribution is -0.155. The number of fused-ring (bicyclic) bond motifs is 1. The number of benzene rings is 1. The lowest BCUT2D eigenvalue weighted by atomic mass is 9.85. The summed E-state index contributed by atoms with van der Waals surface area (Å²) in [5, 5.41) is 4.24. The minimum atomic E-state index is -0.0831. The highest BCUT2D eigenvalue weighted by atomic mass is 16.5. The predicted octanol–water partition coefficient (Wildman–Crippen LogP) is 2.57. The van der Waals surface area contributed by atoms with Crippen molar-refractivity contribution in [2.75, 3.05) is 60.6 Å². The molecule has 2 saturated heterocycles. The molecule has 164 valence electrons. The molecule has 1 amide bonds. The molecule has 1 spiro atoms. The maximum absolute atomic E-state index is 13.1. The summed E-state index contributed by atoms with van der Waals surface area (Å²) in [6, 6.07) is 5.87. The second-order valence-corrected chi connectivity index (χ2v) is 8.85. The van der Waals surface area contributed by atoms with Gasteiger partial charge in [0.1, 0.15) is 5.75 Å². The van der Waals surface area contributed by atoms with Crippen LogP contribution in [0.1, 0.15) is 24.8 Å². The van der Waals surface area contributed by atoms with Crippen molar-refractivity contribution in [1.29, 1.82) is 0 Å². The van der Waals surface area contributed by atoms with Crippen LogP contribution >= 0.6 is 0 Å². The van der Waals surface area contributed by atoms with E-state index >= 15 is 0 Å². The van der Waals surface area contributed by atoms with Crippen molar-refractivity contribution in [3.63, 3.8) is 0 Å². The van der Waals surface area contributed by atoms with Crippen LogP contribution in [-0.4, -0.2) is 86.5 Å². The molecule has 0 bridgehead atoms. The molecule has 1 N–H and O–H groups in total. The summed E-state index contributed by atoms with van der Waals surface area (Å²) in [6.45, 7) is 5.20. The third kappa shape index (κ3) is 4.19. The summed E-state index contributed by atoms with van der Waals surface area (Å²) in [5.41, 5.74) is 2.29. The van der Waals surface area contributed by atoms with Gasteiger partial charge < -0.3 is 19.7 Å². The standard InChI is InChI=1S/C23H34N4O3/c1-25(2)12-8-18-15-27(21-14-19(29-3)6-7-20(18)21)22(28)24-10-13-26-11-5-4-9-23(26)16-30-17-23/h6-7,14-15H,4-5,8-13,16-17H2,1-3H3,(H,24,28). The highest BCUT2D eigenvalue weighted by molar-refractivity contribution is 5.94. The van der Waals surface area contributed by atoms with E-state index in [-0.39, 0.29) is 11.6 Å². The van der Waals surface area contributed by atoms with Crippen LogP contribution in [0.15, 0.2) is 24.4 Å². The van der Waals surface area contributed by atoms with Crippen LogP contribution in [0.4, 0.5) is 4.79 Å². The van der Waals surface area contributed by atoms with Crippen LogP contribution in [0.25, 0.3) is 10.9 Å². The number of hydrogen-bond acceptors (Lipinski definition) is 5. The van der Waals surface area contributed by atoms with Crippen molar-refractivity contribution in [3.8, 4) is 5.75 Å². The Morgan fingerprint density at radius 2 is 2.13 bits per heavy atom. The SMILES string of the molecule is COc1ccc2c(CCN(C)C)cn(C(=O)NCCN3CCCCC34COC4)c2c1. The molecule has 1 aromatic heterocycles. The molecule has 2 aliphatic rings. The van der Waals surface area contributed by atoms with Gasteiger partial charge in [0, 0.05) is 37.3 Å². The lowest BCUT2D eigenvalue weighted by Gasteiger charge is -2.52. The summed E-state index contributed by atoms with van der Waals surface area (Å²) in [5.74, 6) is 0.758. The zero-order valence-electron chi connectivity index (χ0n) is 18.4. The first-order valence-corrected chi connectivity index (χ1v) is 11.0. The van der Waals surface area contributed by atoms with Crippen LogP contribution < -0.4 is 10.1 Å². The molecule has 30 heavy (non-hydrogen) atoms. The van der Waals surface area contributed by atoms with Crippen molar-refractivity contribution in [1.82, 2.24) is 19.7 Å². The van der Waals surface area contributed by atoms with Crippen LogP contribution in [0, 0.1) is 0 Å². The number of nitrogens with one attached hydrogen (secondary N) is 1. The minimum absolute atomic E-state index is 0.0831. The van der Waals surface area contributed by atoms with Gasteiger partial charge in [-0.2, -0.15) is 0 Å². The molecule has 1 aromatic carbocycles. The van der Waals surface area contributed by atoms with Gasteiger partial charge in [0.25, 0.3) is 0 Å². The fraction of sp³-hybridized carbons (Fsp3) is 0.609. The average Bonchev–Trinajstić information content (AvgIpc) is 3.09. The van der Waals surface area contributed by atoms with Gasteiger partial charge in [-0.25, -0.2) is 4.79 Å². The Labute approximate surface area is 178 Å². The molecule has 7 nitrogen and oxygen atoms in total. The Morgan fingerprint density at radius 3 is 2.83 bits per heavy atom. The zero-order valence-corrected chi connectivity index (χ0v) is 18.4. The molecule has 7 heteroatoms. The number of carbonyl (C=O) groups is 1. The Morgan fingerprint density at radius 1 is 1.30 bits per heavy atom. The molecular formula is C23H34N4O3. The van der Waals surface area contributed by atoms with Crippen LogP contribution in [0.3, 0.4) is 0 Å². The number of amides is 1. The number of piperidine rings is 1. The largest absolute Gasteiger partial charge is 0.497 e. The quantitative estimate of drug-likeness (QED) is 0.755. The third-order valence-corrected chi connectivity index (χ3v) is 6.53. The van der Waals surface area contributed by atoms with Crippen molar-refractivity contribution < 1.29 is 14.3 Å². The number of ether oxygens (including phenoxy) is 2. The van der Waals surface area contributed by atoms with Gasteiger partial charge in [-0.05, 0) is 57.6 Å². The third-order valence-electron chi connectivity index (χ3n) is 6.53. The van der Waals surface area contributed by atoms with E-state index in [4.69, 9.17) is 9.47 Å². The Balaban J connectivity index is 1.46. The van der Waals surface area contributed by atoms with E-state index in [1.807, 2.05) is 18.3 Å². The molecule has 0 unspecified atom stereocenters. The zero-order chi connectivity index (χ0) is 21.1. The van der Waals surface area contributed by atoms with E-state index in [0.717, 1.165) is 55.9 Å². The Hall–Kier alpha value is -2.09. The smallest absolute Gasteiger partial charge is 0.326 e. The highest BCUT2D eigenvalue weighted by Gasteiger charge is 2.44. The number of aromatic nitrogens is 1. The molecule has 0 saturated carbocycles. The van der Waals surface area contributed by atoms with Crippen molar-refractivity contribution in [3.05, 3.63) is 30.0 Å². The minimum Gasteiger partial charge on any atom is -0.497 e. The fourth-order valence-corrected chi connectivity index (χ4v) is 4.66. The summed E-state index contributed by atoms with van der Waals surface area (Å²) in [6.07, 6.45) is 6.59. The number of likely N-dealkylation sites (N-methyl/N-ethyl adjacent to an activating group) is 1. The second kappa shape index (κ2) is 8.96. The predicted molar refractivity (Wildman–Crippen MR) is 119 cm³/mol. The first-order chi connectivity index (χ1) is 14.5. The molecule has 2 fully saturated rings. The van der Waals surface area contributed by atoms with Gasteiger partial charge in [-0.1, -0.05) is 6.42 Å². The summed E-state index contributed by atoms with van der Waals surface area (Å²) in [7, 11) is 5.78. The number of hydrogen-bond donors (Lipinski definition) is 1. The van der Waals surface area contributed by atoms with E-state index in [1.54, 1.807) is 11.7 Å². The van der Waals surface area contributed by atoms with E-state index < -0.39 is 0 Å². The number of methoxy groups -OCH3 is 1. The van der Waals surface area contributed by atoms with Crippen molar-refractivity contribution >= 4 is 16.9 Å². The molecule has 4 rings (SSSR count). The van der Waals surface area contributed by atoms with E-state index in [0.29, 0.717) is 6.54 Å². The lowest BCUT2D eigenvalue weighted by Crippen LogP contribution is -2.65. The van der Waals surface area contributed by atoms with Gasteiger partial charge in [0.15, 0.2) is 0 Å². The van der Waals surface area contributed by atoms with Gasteiger partial charge >= 0.3 is 6.03 Å². The Bertz CT molecular complexity index is 888. The topological polar surface area (TPSA) is 59.0 Å². The average molecular weight is 415 g/mol. The molecule has 3 heterocycles. The van der Waals surface area contributed by atoms with Gasteiger partial charge in [0.2, 0.25) is 0 Å². The van der Waals surface area contributed by atoms with Crippen LogP contribution in [0.2, 0.25) is 0 Å². The number of carbonyl (C=O) groups excluding carboxylic acids is 1. The number of rotatable bonds is 7. The monoisotopic (exact) mass is 414 g/mol. The van der Waals surface area contributed by atoms with Crippen molar-refractivity contribution in [2.45, 2.75) is 31.2 Å². The molecule has 0 aliphatic carbocycles. The molecular weight excluding hydrogens is 380 g/mol. The van der Waals surface area contributed by atoms with Gasteiger partial charge in [-0.3, -0.25) is 9.47 Å². The first kappa shape index (κ1) is 21.2. The first-order valence-electron chi connectivity index (χ1n) is 11.0. The second-order valence-electron chi connectivity index (χ2n) is 8.85. The summed E-state index contributed by atoms with van der Waals surface area (Å²) < 4.78 is 12.6. The molecule has 0 atom stereocenters. The molecule has 0 radical (unpaired) electrons. The maximum atomic E-state index is 13.1. The molecule has 2 aliphatic heterocycles. The Kier molecular flexibility index (Phi) is 6.32. The van der Waals surface area contributed by atoms with E-state index in [1.165, 1.54) is 24.8 Å².